The highest BCUT2D eigenvalue weighted by Crippen LogP contribution is 2.18. The van der Waals surface area contributed by atoms with Gasteiger partial charge in [0, 0.05) is 6.54 Å². The first-order valence-electron chi connectivity index (χ1n) is 6.09. The van der Waals surface area contributed by atoms with Crippen molar-refractivity contribution >= 4 is 11.9 Å². The molecule has 0 aliphatic carbocycles. The van der Waals surface area contributed by atoms with E-state index in [0.717, 1.165) is 11.1 Å². The van der Waals surface area contributed by atoms with Crippen LogP contribution >= 0.6 is 0 Å². The number of hydrogen-bond donors (Lipinski definition) is 2. The van der Waals surface area contributed by atoms with Crippen LogP contribution < -0.4 is 10.1 Å². The molecule has 0 bridgehead atoms. The largest absolute Gasteiger partial charge is 0.483 e. The molecular formula is C14H19NO4. The molecule has 1 rings (SSSR count). The molecule has 5 nitrogen and oxygen atoms in total. The summed E-state index contributed by atoms with van der Waals surface area (Å²) in [5, 5.41) is 11.2. The SMILES string of the molecule is Cc1ccc(C)c(OCC(=O)NCC(C)C(=O)O)c1. The minimum atomic E-state index is -0.934. The molecule has 0 saturated heterocycles. The Morgan fingerprint density at radius 3 is 2.68 bits per heavy atom. The maximum absolute atomic E-state index is 11.5. The van der Waals surface area contributed by atoms with Crippen molar-refractivity contribution in [3.05, 3.63) is 29.3 Å². The first-order valence-corrected chi connectivity index (χ1v) is 6.09. The van der Waals surface area contributed by atoms with Gasteiger partial charge in [0.1, 0.15) is 5.75 Å². The molecule has 104 valence electrons. The van der Waals surface area contributed by atoms with Crippen molar-refractivity contribution in [3.8, 4) is 5.75 Å². The van der Waals surface area contributed by atoms with Crippen LogP contribution in [0.25, 0.3) is 0 Å². The Morgan fingerprint density at radius 1 is 1.37 bits per heavy atom. The van der Waals surface area contributed by atoms with Crippen LogP contribution in [-0.4, -0.2) is 30.1 Å². The smallest absolute Gasteiger partial charge is 0.308 e. The van der Waals surface area contributed by atoms with Gasteiger partial charge in [-0.25, -0.2) is 0 Å². The van der Waals surface area contributed by atoms with Crippen LogP contribution in [0.3, 0.4) is 0 Å². The second kappa shape index (κ2) is 6.78. The van der Waals surface area contributed by atoms with Crippen molar-refractivity contribution in [2.24, 2.45) is 5.92 Å². The Morgan fingerprint density at radius 2 is 2.05 bits per heavy atom. The molecule has 1 amide bonds. The van der Waals surface area contributed by atoms with Gasteiger partial charge in [-0.05, 0) is 31.0 Å². The molecular weight excluding hydrogens is 246 g/mol. The van der Waals surface area contributed by atoms with Gasteiger partial charge in [0.25, 0.3) is 5.91 Å². The fourth-order valence-electron chi connectivity index (χ4n) is 1.41. The molecule has 0 radical (unpaired) electrons. The lowest BCUT2D eigenvalue weighted by Crippen LogP contribution is -2.34. The van der Waals surface area contributed by atoms with Gasteiger partial charge >= 0.3 is 5.97 Å². The van der Waals surface area contributed by atoms with Crippen molar-refractivity contribution in [1.29, 1.82) is 0 Å². The third-order valence-corrected chi connectivity index (χ3v) is 2.73. The average molecular weight is 265 g/mol. The number of aryl methyl sites for hydroxylation is 2. The average Bonchev–Trinajstić information content (AvgIpc) is 2.36. The summed E-state index contributed by atoms with van der Waals surface area (Å²) in [6.45, 7) is 5.37. The van der Waals surface area contributed by atoms with E-state index < -0.39 is 11.9 Å². The third-order valence-electron chi connectivity index (χ3n) is 2.73. The van der Waals surface area contributed by atoms with E-state index in [4.69, 9.17) is 9.84 Å². The van der Waals surface area contributed by atoms with E-state index in [2.05, 4.69) is 5.32 Å². The lowest BCUT2D eigenvalue weighted by molar-refractivity contribution is -0.141. The molecule has 5 heteroatoms. The minimum Gasteiger partial charge on any atom is -0.483 e. The van der Waals surface area contributed by atoms with E-state index in [1.165, 1.54) is 6.92 Å². The van der Waals surface area contributed by atoms with E-state index in [-0.39, 0.29) is 19.1 Å². The first-order chi connectivity index (χ1) is 8.90. The number of rotatable bonds is 6. The lowest BCUT2D eigenvalue weighted by atomic mass is 10.1. The quantitative estimate of drug-likeness (QED) is 0.817. The standard InChI is InChI=1S/C14H19NO4/c1-9-4-5-10(2)12(6-9)19-8-13(16)15-7-11(3)14(17)18/h4-6,11H,7-8H2,1-3H3,(H,15,16)(H,17,18). The van der Waals surface area contributed by atoms with Crippen LogP contribution in [0.1, 0.15) is 18.1 Å². The number of carboxylic acid groups (broad SMARTS) is 1. The Bertz CT molecular complexity index is 471. The van der Waals surface area contributed by atoms with E-state index in [0.29, 0.717) is 5.75 Å². The number of ether oxygens (including phenoxy) is 1. The summed E-state index contributed by atoms with van der Waals surface area (Å²) >= 11 is 0. The summed E-state index contributed by atoms with van der Waals surface area (Å²) in [5.41, 5.74) is 2.01. The maximum atomic E-state index is 11.5. The number of hydrogen-bond acceptors (Lipinski definition) is 3. The number of nitrogens with one attached hydrogen (secondary N) is 1. The van der Waals surface area contributed by atoms with E-state index in [1.54, 1.807) is 0 Å². The van der Waals surface area contributed by atoms with Crippen molar-refractivity contribution in [1.82, 2.24) is 5.32 Å². The van der Waals surface area contributed by atoms with Crippen LogP contribution in [0.5, 0.6) is 5.75 Å². The van der Waals surface area contributed by atoms with Gasteiger partial charge < -0.3 is 15.2 Å². The number of aliphatic carboxylic acids is 1. The molecule has 19 heavy (non-hydrogen) atoms. The molecule has 0 spiro atoms. The number of carboxylic acids is 1. The summed E-state index contributed by atoms with van der Waals surface area (Å²) in [7, 11) is 0. The van der Waals surface area contributed by atoms with E-state index in [1.807, 2.05) is 32.0 Å². The highest BCUT2D eigenvalue weighted by Gasteiger charge is 2.12. The fraction of sp³-hybridized carbons (Fsp3) is 0.429. The molecule has 0 aliphatic heterocycles. The predicted molar refractivity (Wildman–Crippen MR) is 71.2 cm³/mol. The summed E-state index contributed by atoms with van der Waals surface area (Å²) in [4.78, 5) is 22.1. The summed E-state index contributed by atoms with van der Waals surface area (Å²) in [5.74, 6) is -1.20. The third kappa shape index (κ3) is 4.99. The number of carbonyl (C=O) groups is 2. The second-order valence-electron chi connectivity index (χ2n) is 4.60. The van der Waals surface area contributed by atoms with Gasteiger partial charge in [-0.1, -0.05) is 19.1 Å². The number of amides is 1. The van der Waals surface area contributed by atoms with Crippen LogP contribution in [0.2, 0.25) is 0 Å². The highest BCUT2D eigenvalue weighted by atomic mass is 16.5. The normalized spacial score (nSPS) is 11.7. The van der Waals surface area contributed by atoms with E-state index in [9.17, 15) is 9.59 Å². The molecule has 1 atom stereocenters. The van der Waals surface area contributed by atoms with Gasteiger partial charge in [0.05, 0.1) is 5.92 Å². The summed E-state index contributed by atoms with van der Waals surface area (Å²) in [6, 6.07) is 5.76. The molecule has 2 N–H and O–H groups in total. The summed E-state index contributed by atoms with van der Waals surface area (Å²) in [6.07, 6.45) is 0. The van der Waals surface area contributed by atoms with Crippen LogP contribution in [0, 0.1) is 19.8 Å². The monoisotopic (exact) mass is 265 g/mol. The van der Waals surface area contributed by atoms with Crippen molar-refractivity contribution in [2.45, 2.75) is 20.8 Å². The fourth-order valence-corrected chi connectivity index (χ4v) is 1.41. The van der Waals surface area contributed by atoms with Crippen LogP contribution in [0.4, 0.5) is 0 Å². The van der Waals surface area contributed by atoms with E-state index >= 15 is 0 Å². The zero-order chi connectivity index (χ0) is 14.4. The Labute approximate surface area is 112 Å². The lowest BCUT2D eigenvalue weighted by Gasteiger charge is -2.11. The Hall–Kier alpha value is -2.04. The van der Waals surface area contributed by atoms with Crippen molar-refractivity contribution in [2.75, 3.05) is 13.2 Å². The predicted octanol–water partition coefficient (Wildman–Crippen LogP) is 1.52. The topological polar surface area (TPSA) is 75.6 Å². The number of benzene rings is 1. The molecule has 0 heterocycles. The molecule has 0 aliphatic rings. The zero-order valence-corrected chi connectivity index (χ0v) is 11.4. The molecule has 0 aromatic heterocycles. The zero-order valence-electron chi connectivity index (χ0n) is 11.4. The Balaban J connectivity index is 2.42. The van der Waals surface area contributed by atoms with Crippen LogP contribution in [-0.2, 0) is 9.59 Å². The van der Waals surface area contributed by atoms with Crippen molar-refractivity contribution < 1.29 is 19.4 Å². The molecule has 1 aromatic rings. The summed E-state index contributed by atoms with van der Waals surface area (Å²) < 4.78 is 5.41. The van der Waals surface area contributed by atoms with Gasteiger partial charge in [-0.3, -0.25) is 9.59 Å². The molecule has 0 saturated carbocycles. The molecule has 0 fully saturated rings. The second-order valence-corrected chi connectivity index (χ2v) is 4.60. The number of carbonyl (C=O) groups excluding carboxylic acids is 1. The molecule has 1 aromatic carbocycles. The van der Waals surface area contributed by atoms with Crippen molar-refractivity contribution in [3.63, 3.8) is 0 Å². The van der Waals surface area contributed by atoms with Gasteiger partial charge in [0.2, 0.25) is 0 Å². The first kappa shape index (κ1) is 15.0. The van der Waals surface area contributed by atoms with Crippen LogP contribution in [0.15, 0.2) is 18.2 Å². The minimum absolute atomic E-state index is 0.102. The molecule has 1 unspecified atom stereocenters. The Kier molecular flexibility index (Phi) is 5.36. The van der Waals surface area contributed by atoms with Gasteiger partial charge in [0.15, 0.2) is 6.61 Å². The highest BCUT2D eigenvalue weighted by molar-refractivity contribution is 5.78. The van der Waals surface area contributed by atoms with Gasteiger partial charge in [-0.2, -0.15) is 0 Å². The van der Waals surface area contributed by atoms with Gasteiger partial charge in [-0.15, -0.1) is 0 Å². The maximum Gasteiger partial charge on any atom is 0.308 e.